The van der Waals surface area contributed by atoms with Crippen molar-refractivity contribution in [2.45, 2.75) is 30.7 Å². The highest BCUT2D eigenvalue weighted by atomic mass is 16.7. The molecule has 5 heteroatoms. The fraction of sp³-hybridized carbons (Fsp3) is 1.00. The second-order valence-electron chi connectivity index (χ2n) is 2.85. The molecular weight excluding hydrogens is 152 g/mol. The smallest absolute Gasteiger partial charge is 0.186 e. The van der Waals surface area contributed by atoms with Gasteiger partial charge >= 0.3 is 0 Å². The van der Waals surface area contributed by atoms with Gasteiger partial charge in [0.15, 0.2) is 6.29 Å². The zero-order chi connectivity index (χ0) is 8.01. The monoisotopic (exact) mass is 162 g/mol. The molecule has 2 rings (SSSR count). The van der Waals surface area contributed by atoms with Crippen LogP contribution < -0.4 is 0 Å². The Bertz CT molecular complexity index is 141. The first-order valence-corrected chi connectivity index (χ1v) is 3.51. The number of hydrogen-bond acceptors (Lipinski definition) is 5. The molecule has 0 amide bonds. The normalized spacial score (nSPS) is 56.5. The molecule has 2 fully saturated rings. The summed E-state index contributed by atoms with van der Waals surface area (Å²) in [5.74, 6) is 0. The van der Waals surface area contributed by atoms with Crippen LogP contribution in [0.1, 0.15) is 0 Å². The average molecular weight is 162 g/mol. The largest absolute Gasteiger partial charge is 0.387 e. The highest BCUT2D eigenvalue weighted by Crippen LogP contribution is 2.27. The molecule has 0 saturated carbocycles. The Morgan fingerprint density at radius 2 is 1.73 bits per heavy atom. The van der Waals surface area contributed by atoms with Crippen LogP contribution in [0.4, 0.5) is 0 Å². The molecule has 2 heterocycles. The molecule has 5 nitrogen and oxygen atoms in total. The topological polar surface area (TPSA) is 79.2 Å². The minimum Gasteiger partial charge on any atom is -0.387 e. The molecule has 0 radical (unpaired) electrons. The van der Waals surface area contributed by atoms with E-state index in [9.17, 15) is 10.2 Å². The number of ether oxygens (including phenoxy) is 2. The number of rotatable bonds is 0. The van der Waals surface area contributed by atoms with E-state index in [0.717, 1.165) is 0 Å². The van der Waals surface area contributed by atoms with Crippen molar-refractivity contribution in [3.05, 3.63) is 0 Å². The van der Waals surface area contributed by atoms with Crippen molar-refractivity contribution in [2.75, 3.05) is 6.61 Å². The van der Waals surface area contributed by atoms with Crippen LogP contribution in [0.5, 0.6) is 0 Å². The molecule has 0 aliphatic carbocycles. The summed E-state index contributed by atoms with van der Waals surface area (Å²) in [7, 11) is 0. The Labute approximate surface area is 63.2 Å². The van der Waals surface area contributed by atoms with Crippen LogP contribution in [0.2, 0.25) is 0 Å². The molecule has 2 aliphatic rings. The van der Waals surface area contributed by atoms with Gasteiger partial charge in [0, 0.05) is 0 Å². The lowest BCUT2D eigenvalue weighted by atomic mass is 10.0. The Morgan fingerprint density at radius 1 is 1.00 bits per heavy atom. The highest BCUT2D eigenvalue weighted by Gasteiger charge is 2.48. The molecule has 0 aromatic rings. The summed E-state index contributed by atoms with van der Waals surface area (Å²) in [5, 5.41) is 27.6. The summed E-state index contributed by atoms with van der Waals surface area (Å²) >= 11 is 0. The summed E-state index contributed by atoms with van der Waals surface area (Å²) in [6.07, 6.45) is -4.58. The lowest BCUT2D eigenvalue weighted by Gasteiger charge is -2.32. The predicted octanol–water partition coefficient (Wildman–Crippen LogP) is -2.18. The third kappa shape index (κ3) is 0.969. The van der Waals surface area contributed by atoms with Crippen molar-refractivity contribution in [3.63, 3.8) is 0 Å². The Hall–Kier alpha value is -0.200. The first kappa shape index (κ1) is 7.45. The van der Waals surface area contributed by atoms with E-state index in [1.54, 1.807) is 0 Å². The van der Waals surface area contributed by atoms with E-state index in [0.29, 0.717) is 0 Å². The molecule has 11 heavy (non-hydrogen) atoms. The maximum atomic E-state index is 9.22. The standard InChI is InChI=1S/C6H10O5/c7-3-2-1-10-6(11-2)5(9)4(3)8/h2-9H,1H2/t2?,3-,4+,5?,6-/m1/s1. The summed E-state index contributed by atoms with van der Waals surface area (Å²) in [5.41, 5.74) is 0. The van der Waals surface area contributed by atoms with E-state index in [2.05, 4.69) is 0 Å². The molecule has 0 aromatic carbocycles. The van der Waals surface area contributed by atoms with Crippen LogP contribution in [-0.4, -0.2) is 52.6 Å². The number of aliphatic hydroxyl groups excluding tert-OH is 3. The molecular formula is C6H10O5. The maximum absolute atomic E-state index is 9.22. The van der Waals surface area contributed by atoms with Gasteiger partial charge in [-0.25, -0.2) is 0 Å². The average Bonchev–Trinajstić information content (AvgIpc) is 2.44. The van der Waals surface area contributed by atoms with E-state index in [1.807, 2.05) is 0 Å². The third-order valence-electron chi connectivity index (χ3n) is 2.09. The Balaban J connectivity index is 2.16. The second-order valence-corrected chi connectivity index (χ2v) is 2.85. The van der Waals surface area contributed by atoms with Crippen LogP contribution >= 0.6 is 0 Å². The van der Waals surface area contributed by atoms with Crippen molar-refractivity contribution >= 4 is 0 Å². The van der Waals surface area contributed by atoms with E-state index in [4.69, 9.17) is 14.6 Å². The SMILES string of the molecule is OC1[C@@H]2OCC(O2)[C@@H](O)[C@@H]1O. The van der Waals surface area contributed by atoms with Gasteiger partial charge in [-0.1, -0.05) is 0 Å². The van der Waals surface area contributed by atoms with Gasteiger partial charge in [0.25, 0.3) is 0 Å². The van der Waals surface area contributed by atoms with Crippen molar-refractivity contribution in [1.82, 2.24) is 0 Å². The van der Waals surface area contributed by atoms with E-state index >= 15 is 0 Å². The summed E-state index contributed by atoms with van der Waals surface area (Å²) in [6.45, 7) is 0.236. The fourth-order valence-electron chi connectivity index (χ4n) is 1.38. The van der Waals surface area contributed by atoms with E-state index in [-0.39, 0.29) is 6.61 Å². The number of fused-ring (bicyclic) bond motifs is 2. The molecule has 5 atom stereocenters. The van der Waals surface area contributed by atoms with Crippen LogP contribution in [-0.2, 0) is 9.47 Å². The molecule has 3 N–H and O–H groups in total. The first-order valence-electron chi connectivity index (χ1n) is 3.51. The molecule has 2 saturated heterocycles. The quantitative estimate of drug-likeness (QED) is 0.377. The minimum atomic E-state index is -1.15. The fourth-order valence-corrected chi connectivity index (χ4v) is 1.38. The number of aliphatic hydroxyl groups is 3. The van der Waals surface area contributed by atoms with Crippen molar-refractivity contribution in [3.8, 4) is 0 Å². The lowest BCUT2D eigenvalue weighted by molar-refractivity contribution is -0.228. The summed E-state index contributed by atoms with van der Waals surface area (Å²) < 4.78 is 9.95. The van der Waals surface area contributed by atoms with Gasteiger partial charge in [0.05, 0.1) is 6.61 Å². The maximum Gasteiger partial charge on any atom is 0.186 e. The predicted molar refractivity (Wildman–Crippen MR) is 32.6 cm³/mol. The van der Waals surface area contributed by atoms with Crippen LogP contribution in [0.3, 0.4) is 0 Å². The van der Waals surface area contributed by atoms with Gasteiger partial charge in [-0.2, -0.15) is 0 Å². The van der Waals surface area contributed by atoms with Crippen LogP contribution in [0.25, 0.3) is 0 Å². The molecule has 2 bridgehead atoms. The van der Waals surface area contributed by atoms with Gasteiger partial charge in [-0.15, -0.1) is 0 Å². The van der Waals surface area contributed by atoms with Gasteiger partial charge in [-0.3, -0.25) is 0 Å². The van der Waals surface area contributed by atoms with Gasteiger partial charge in [0.1, 0.15) is 24.4 Å². The first-order chi connectivity index (χ1) is 5.20. The minimum absolute atomic E-state index is 0.236. The van der Waals surface area contributed by atoms with Gasteiger partial charge < -0.3 is 24.8 Å². The molecule has 64 valence electrons. The third-order valence-corrected chi connectivity index (χ3v) is 2.09. The Kier molecular flexibility index (Phi) is 1.62. The van der Waals surface area contributed by atoms with E-state index in [1.165, 1.54) is 0 Å². The summed E-state index contributed by atoms with van der Waals surface area (Å²) in [6, 6.07) is 0. The van der Waals surface area contributed by atoms with Crippen molar-refractivity contribution in [2.24, 2.45) is 0 Å². The summed E-state index contributed by atoms with van der Waals surface area (Å²) in [4.78, 5) is 0. The molecule has 0 spiro atoms. The second kappa shape index (κ2) is 2.40. The molecule has 2 unspecified atom stereocenters. The number of hydrogen-bond donors (Lipinski definition) is 3. The zero-order valence-electron chi connectivity index (χ0n) is 5.75. The Morgan fingerprint density at radius 3 is 2.45 bits per heavy atom. The molecule has 2 aliphatic heterocycles. The van der Waals surface area contributed by atoms with Crippen LogP contribution in [0, 0.1) is 0 Å². The van der Waals surface area contributed by atoms with Crippen molar-refractivity contribution < 1.29 is 24.8 Å². The highest BCUT2D eigenvalue weighted by molar-refractivity contribution is 4.92. The van der Waals surface area contributed by atoms with E-state index < -0.39 is 30.7 Å². The van der Waals surface area contributed by atoms with Gasteiger partial charge in [0.2, 0.25) is 0 Å². The van der Waals surface area contributed by atoms with Crippen LogP contribution in [0.15, 0.2) is 0 Å². The van der Waals surface area contributed by atoms with Gasteiger partial charge in [-0.05, 0) is 0 Å². The molecule has 0 aromatic heterocycles. The zero-order valence-corrected chi connectivity index (χ0v) is 5.75. The lowest BCUT2D eigenvalue weighted by Crippen LogP contribution is -2.53. The van der Waals surface area contributed by atoms with Crippen molar-refractivity contribution in [1.29, 1.82) is 0 Å².